The zero-order chi connectivity index (χ0) is 14.8. The van der Waals surface area contributed by atoms with E-state index in [0.717, 1.165) is 0 Å². The summed E-state index contributed by atoms with van der Waals surface area (Å²) in [4.78, 5) is 13.6. The Labute approximate surface area is 131 Å². The highest BCUT2D eigenvalue weighted by Crippen LogP contribution is 2.10. The third kappa shape index (κ3) is 7.22. The Morgan fingerprint density at radius 3 is 2.81 bits per heavy atom. The number of hydrogen-bond donors (Lipinski definition) is 1. The Hall–Kier alpha value is -1.43. The Bertz CT molecular complexity index is 443. The summed E-state index contributed by atoms with van der Waals surface area (Å²) in [6.45, 7) is 5.60. The lowest BCUT2D eigenvalue weighted by Crippen LogP contribution is -2.38. The number of benzene rings is 1. The van der Waals surface area contributed by atoms with Crippen molar-refractivity contribution in [3.63, 3.8) is 0 Å². The summed E-state index contributed by atoms with van der Waals surface area (Å²) in [5.41, 5.74) is 0.500. The molecule has 0 fully saturated rings. The van der Waals surface area contributed by atoms with Crippen LogP contribution in [0.25, 0.3) is 0 Å². The maximum absolute atomic E-state index is 13.6. The summed E-state index contributed by atoms with van der Waals surface area (Å²) in [7, 11) is 1.60. The molecule has 0 saturated carbocycles. The van der Waals surface area contributed by atoms with Crippen LogP contribution >= 0.6 is 12.4 Å². The van der Waals surface area contributed by atoms with E-state index < -0.39 is 0 Å². The number of nitrogens with zero attached hydrogens (tertiary/aromatic N) is 1. The molecule has 0 aliphatic rings. The molecule has 0 saturated heterocycles. The fraction of sp³-hybridized carbons (Fsp3) is 0.400. The van der Waals surface area contributed by atoms with Crippen LogP contribution < -0.4 is 5.32 Å². The molecule has 0 heterocycles. The molecule has 0 spiro atoms. The quantitative estimate of drug-likeness (QED) is 0.559. The highest BCUT2D eigenvalue weighted by Gasteiger charge is 2.13. The van der Waals surface area contributed by atoms with Crippen molar-refractivity contribution in [2.75, 3.05) is 33.4 Å². The molecule has 118 valence electrons. The number of halogens is 2. The number of ether oxygens (including phenoxy) is 1. The topological polar surface area (TPSA) is 41.6 Å². The fourth-order valence-corrected chi connectivity index (χ4v) is 1.72. The van der Waals surface area contributed by atoms with Gasteiger partial charge in [-0.2, -0.15) is 0 Å². The number of hydrogen-bond acceptors (Lipinski definition) is 3. The van der Waals surface area contributed by atoms with Crippen molar-refractivity contribution < 1.29 is 13.9 Å². The monoisotopic (exact) mass is 316 g/mol. The van der Waals surface area contributed by atoms with Crippen LogP contribution in [0.15, 0.2) is 36.9 Å². The average Bonchev–Trinajstić information content (AvgIpc) is 2.45. The first-order chi connectivity index (χ1) is 9.69. The highest BCUT2D eigenvalue weighted by atomic mass is 35.5. The number of methoxy groups -OCH3 is 1. The smallest absolute Gasteiger partial charge is 0.237 e. The molecule has 0 atom stereocenters. The van der Waals surface area contributed by atoms with E-state index in [0.29, 0.717) is 25.3 Å². The Kier molecular flexibility index (Phi) is 10.5. The second kappa shape index (κ2) is 11.3. The lowest BCUT2D eigenvalue weighted by Gasteiger charge is -2.21. The van der Waals surface area contributed by atoms with Gasteiger partial charge in [-0.25, -0.2) is 4.39 Å². The fourth-order valence-electron chi connectivity index (χ4n) is 1.72. The molecular weight excluding hydrogens is 295 g/mol. The van der Waals surface area contributed by atoms with Gasteiger partial charge in [-0.1, -0.05) is 24.3 Å². The van der Waals surface area contributed by atoms with Gasteiger partial charge >= 0.3 is 0 Å². The van der Waals surface area contributed by atoms with Crippen LogP contribution in [0.4, 0.5) is 4.39 Å². The van der Waals surface area contributed by atoms with Crippen LogP contribution in [0.2, 0.25) is 0 Å². The maximum atomic E-state index is 13.6. The van der Waals surface area contributed by atoms with Crippen LogP contribution in [-0.2, 0) is 16.1 Å². The lowest BCUT2D eigenvalue weighted by atomic mass is 10.2. The molecule has 1 aromatic carbocycles. The van der Waals surface area contributed by atoms with E-state index in [4.69, 9.17) is 4.74 Å². The highest BCUT2D eigenvalue weighted by molar-refractivity contribution is 5.85. The summed E-state index contributed by atoms with van der Waals surface area (Å²) in [6, 6.07) is 6.45. The molecule has 1 N–H and O–H groups in total. The molecule has 0 radical (unpaired) electrons. The molecule has 0 unspecified atom stereocenters. The van der Waals surface area contributed by atoms with Gasteiger partial charge in [0.1, 0.15) is 5.82 Å². The van der Waals surface area contributed by atoms with Crippen molar-refractivity contribution in [3.8, 4) is 0 Å². The third-order valence-corrected chi connectivity index (χ3v) is 2.78. The third-order valence-electron chi connectivity index (χ3n) is 2.78. The second-order valence-electron chi connectivity index (χ2n) is 4.32. The molecule has 0 aliphatic heterocycles. The van der Waals surface area contributed by atoms with Crippen molar-refractivity contribution in [3.05, 3.63) is 48.3 Å². The Morgan fingerprint density at radius 1 is 1.48 bits per heavy atom. The van der Waals surface area contributed by atoms with Gasteiger partial charge in [0.2, 0.25) is 5.91 Å². The number of amides is 1. The van der Waals surface area contributed by atoms with Gasteiger partial charge in [-0.3, -0.25) is 4.79 Å². The largest absolute Gasteiger partial charge is 0.383 e. The van der Waals surface area contributed by atoms with Gasteiger partial charge < -0.3 is 15.0 Å². The number of carbonyl (C=O) groups is 1. The molecule has 1 amide bonds. The average molecular weight is 317 g/mol. The van der Waals surface area contributed by atoms with Gasteiger partial charge in [0.15, 0.2) is 0 Å². The molecule has 6 heteroatoms. The minimum Gasteiger partial charge on any atom is -0.383 e. The van der Waals surface area contributed by atoms with Gasteiger partial charge in [0.05, 0.1) is 13.2 Å². The number of carbonyl (C=O) groups excluding carboxylic acids is 1. The Morgan fingerprint density at radius 2 is 2.19 bits per heavy atom. The lowest BCUT2D eigenvalue weighted by molar-refractivity contribution is -0.130. The van der Waals surface area contributed by atoms with E-state index in [1.54, 1.807) is 36.3 Å². The van der Waals surface area contributed by atoms with Crippen molar-refractivity contribution >= 4 is 18.3 Å². The van der Waals surface area contributed by atoms with Gasteiger partial charge in [0.25, 0.3) is 0 Å². The molecule has 0 aliphatic carbocycles. The zero-order valence-electron chi connectivity index (χ0n) is 12.2. The van der Waals surface area contributed by atoms with E-state index in [1.807, 2.05) is 0 Å². The minimum absolute atomic E-state index is 0. The predicted octanol–water partition coefficient (Wildman–Crippen LogP) is 2.00. The summed E-state index contributed by atoms with van der Waals surface area (Å²) < 4.78 is 18.5. The first kappa shape index (κ1) is 19.6. The van der Waals surface area contributed by atoms with Crippen molar-refractivity contribution in [1.29, 1.82) is 0 Å². The minimum atomic E-state index is -0.304. The van der Waals surface area contributed by atoms with Crippen LogP contribution in [0.1, 0.15) is 5.56 Å². The standard InChI is InChI=1S/C15H21FN2O2.ClH/c1-3-9-18(15(19)11-17-8-10-20-2)12-13-6-4-5-7-14(13)16;/h3-7,17H,1,8-12H2,2H3;1H. The summed E-state index contributed by atoms with van der Waals surface area (Å²) in [5.74, 6) is -0.397. The molecule has 1 aromatic rings. The van der Waals surface area contributed by atoms with E-state index >= 15 is 0 Å². The van der Waals surface area contributed by atoms with Crippen molar-refractivity contribution in [2.24, 2.45) is 0 Å². The van der Waals surface area contributed by atoms with Crippen LogP contribution in [0.5, 0.6) is 0 Å². The summed E-state index contributed by atoms with van der Waals surface area (Å²) in [5, 5.41) is 2.98. The maximum Gasteiger partial charge on any atom is 0.237 e. The first-order valence-electron chi connectivity index (χ1n) is 6.50. The van der Waals surface area contributed by atoms with E-state index in [2.05, 4.69) is 11.9 Å². The van der Waals surface area contributed by atoms with Gasteiger partial charge in [-0.05, 0) is 6.07 Å². The molecule has 0 aromatic heterocycles. The van der Waals surface area contributed by atoms with E-state index in [1.165, 1.54) is 6.07 Å². The van der Waals surface area contributed by atoms with Crippen molar-refractivity contribution in [1.82, 2.24) is 10.2 Å². The van der Waals surface area contributed by atoms with Gasteiger partial charge in [0, 0.05) is 32.3 Å². The van der Waals surface area contributed by atoms with E-state index in [9.17, 15) is 9.18 Å². The van der Waals surface area contributed by atoms with Crippen LogP contribution in [-0.4, -0.2) is 44.2 Å². The summed E-state index contributed by atoms with van der Waals surface area (Å²) in [6.07, 6.45) is 1.63. The van der Waals surface area contributed by atoms with Gasteiger partial charge in [-0.15, -0.1) is 19.0 Å². The number of rotatable bonds is 9. The molecule has 4 nitrogen and oxygen atoms in total. The summed E-state index contributed by atoms with van der Waals surface area (Å²) >= 11 is 0. The SMILES string of the molecule is C=CCN(Cc1ccccc1F)C(=O)CNCCOC.Cl. The first-order valence-corrected chi connectivity index (χ1v) is 6.50. The molecule has 1 rings (SSSR count). The molecular formula is C15H22ClFN2O2. The zero-order valence-corrected chi connectivity index (χ0v) is 13.0. The number of nitrogens with one attached hydrogen (secondary N) is 1. The predicted molar refractivity (Wildman–Crippen MR) is 84.0 cm³/mol. The van der Waals surface area contributed by atoms with E-state index in [-0.39, 0.29) is 37.2 Å². The molecule has 0 bridgehead atoms. The molecule has 21 heavy (non-hydrogen) atoms. The Balaban J connectivity index is 0.00000400. The van der Waals surface area contributed by atoms with Crippen LogP contribution in [0, 0.1) is 5.82 Å². The van der Waals surface area contributed by atoms with Crippen molar-refractivity contribution in [2.45, 2.75) is 6.54 Å². The normalized spacial score (nSPS) is 9.81. The second-order valence-corrected chi connectivity index (χ2v) is 4.32. The van der Waals surface area contributed by atoms with Crippen LogP contribution in [0.3, 0.4) is 0 Å².